The standard InChI is InChI=1S/C13H17FN2O2/c14-11-7-9(5-6-15)1-4-12(11)18-8-13(17)16-10-2-3-10/h1,4,7,10H,2-3,5-6,8,15H2,(H,16,17). The lowest BCUT2D eigenvalue weighted by Gasteiger charge is -2.08. The Kier molecular flexibility index (Phi) is 4.15. The van der Waals surface area contributed by atoms with Crippen LogP contribution in [0.3, 0.4) is 0 Å². The molecule has 4 nitrogen and oxygen atoms in total. The van der Waals surface area contributed by atoms with Crippen LogP contribution in [-0.2, 0) is 11.2 Å². The summed E-state index contributed by atoms with van der Waals surface area (Å²) in [6, 6.07) is 4.97. The van der Waals surface area contributed by atoms with Gasteiger partial charge in [-0.15, -0.1) is 0 Å². The maximum atomic E-state index is 13.6. The van der Waals surface area contributed by atoms with Gasteiger partial charge in [-0.25, -0.2) is 4.39 Å². The fourth-order valence-electron chi connectivity index (χ4n) is 1.62. The maximum absolute atomic E-state index is 13.6. The maximum Gasteiger partial charge on any atom is 0.258 e. The lowest BCUT2D eigenvalue weighted by molar-refractivity contribution is -0.123. The molecule has 0 aromatic heterocycles. The first-order chi connectivity index (χ1) is 8.69. The number of benzene rings is 1. The van der Waals surface area contributed by atoms with E-state index >= 15 is 0 Å². The van der Waals surface area contributed by atoms with Crippen LogP contribution in [0.5, 0.6) is 5.75 Å². The van der Waals surface area contributed by atoms with Crippen molar-refractivity contribution < 1.29 is 13.9 Å². The summed E-state index contributed by atoms with van der Waals surface area (Å²) in [6.07, 6.45) is 2.67. The number of amides is 1. The Balaban J connectivity index is 1.86. The van der Waals surface area contributed by atoms with Crippen molar-refractivity contribution in [3.63, 3.8) is 0 Å². The van der Waals surface area contributed by atoms with Crippen LogP contribution in [-0.4, -0.2) is 25.1 Å². The molecule has 0 radical (unpaired) electrons. The smallest absolute Gasteiger partial charge is 0.258 e. The van der Waals surface area contributed by atoms with Crippen molar-refractivity contribution >= 4 is 5.91 Å². The van der Waals surface area contributed by atoms with Gasteiger partial charge in [-0.3, -0.25) is 4.79 Å². The van der Waals surface area contributed by atoms with Crippen LogP contribution in [0.1, 0.15) is 18.4 Å². The van der Waals surface area contributed by atoms with Crippen molar-refractivity contribution in [2.75, 3.05) is 13.2 Å². The Labute approximate surface area is 105 Å². The van der Waals surface area contributed by atoms with Gasteiger partial charge in [0.25, 0.3) is 5.91 Å². The Hall–Kier alpha value is -1.62. The molecule has 0 unspecified atom stereocenters. The molecular formula is C13H17FN2O2. The predicted octanol–water partition coefficient (Wildman–Crippen LogP) is 0.984. The van der Waals surface area contributed by atoms with Gasteiger partial charge in [0.05, 0.1) is 0 Å². The number of halogens is 1. The molecule has 1 fully saturated rings. The van der Waals surface area contributed by atoms with E-state index in [1.54, 1.807) is 6.07 Å². The van der Waals surface area contributed by atoms with Gasteiger partial charge in [0.2, 0.25) is 0 Å². The first-order valence-corrected chi connectivity index (χ1v) is 6.09. The van der Waals surface area contributed by atoms with E-state index in [0.29, 0.717) is 13.0 Å². The molecule has 1 aromatic rings. The average molecular weight is 252 g/mol. The fraction of sp³-hybridized carbons (Fsp3) is 0.462. The number of ether oxygens (including phenoxy) is 1. The van der Waals surface area contributed by atoms with E-state index < -0.39 is 5.82 Å². The van der Waals surface area contributed by atoms with Crippen LogP contribution in [0.4, 0.5) is 4.39 Å². The van der Waals surface area contributed by atoms with Gasteiger partial charge in [-0.05, 0) is 43.5 Å². The second-order valence-electron chi connectivity index (χ2n) is 4.43. The Bertz CT molecular complexity index is 433. The minimum absolute atomic E-state index is 0.0988. The summed E-state index contributed by atoms with van der Waals surface area (Å²) in [7, 11) is 0. The van der Waals surface area contributed by atoms with Crippen LogP contribution in [0.15, 0.2) is 18.2 Å². The molecule has 18 heavy (non-hydrogen) atoms. The zero-order chi connectivity index (χ0) is 13.0. The monoisotopic (exact) mass is 252 g/mol. The number of hydrogen-bond acceptors (Lipinski definition) is 3. The number of carbonyl (C=O) groups is 1. The summed E-state index contributed by atoms with van der Waals surface area (Å²) >= 11 is 0. The second-order valence-corrected chi connectivity index (χ2v) is 4.43. The van der Waals surface area contributed by atoms with E-state index in [-0.39, 0.29) is 24.3 Å². The molecule has 0 atom stereocenters. The topological polar surface area (TPSA) is 64.3 Å². The zero-order valence-electron chi connectivity index (χ0n) is 10.1. The molecule has 0 bridgehead atoms. The minimum atomic E-state index is -0.458. The molecule has 0 aliphatic heterocycles. The summed E-state index contributed by atoms with van der Waals surface area (Å²) in [5, 5.41) is 2.77. The van der Waals surface area contributed by atoms with Crippen molar-refractivity contribution in [2.24, 2.45) is 5.73 Å². The minimum Gasteiger partial charge on any atom is -0.481 e. The van der Waals surface area contributed by atoms with Gasteiger partial charge in [0.15, 0.2) is 18.2 Å². The van der Waals surface area contributed by atoms with Crippen molar-refractivity contribution in [3.05, 3.63) is 29.6 Å². The number of rotatable bonds is 6. The van der Waals surface area contributed by atoms with Crippen LogP contribution in [0.2, 0.25) is 0 Å². The summed E-state index contributed by atoms with van der Waals surface area (Å²) in [6.45, 7) is 0.326. The third-order valence-electron chi connectivity index (χ3n) is 2.73. The van der Waals surface area contributed by atoms with Gasteiger partial charge in [0, 0.05) is 6.04 Å². The predicted molar refractivity (Wildman–Crippen MR) is 65.8 cm³/mol. The lowest BCUT2D eigenvalue weighted by atomic mass is 10.1. The van der Waals surface area contributed by atoms with Crippen molar-refractivity contribution in [2.45, 2.75) is 25.3 Å². The molecule has 1 aromatic carbocycles. The van der Waals surface area contributed by atoms with Crippen molar-refractivity contribution in [3.8, 4) is 5.75 Å². The van der Waals surface area contributed by atoms with Crippen LogP contribution in [0, 0.1) is 5.82 Å². The number of nitrogens with one attached hydrogen (secondary N) is 1. The van der Waals surface area contributed by atoms with E-state index in [4.69, 9.17) is 10.5 Å². The first-order valence-electron chi connectivity index (χ1n) is 6.09. The summed E-state index contributed by atoms with van der Waals surface area (Å²) < 4.78 is 18.7. The highest BCUT2D eigenvalue weighted by Crippen LogP contribution is 2.20. The molecule has 1 amide bonds. The van der Waals surface area contributed by atoms with Crippen molar-refractivity contribution in [1.29, 1.82) is 0 Å². The van der Waals surface area contributed by atoms with Crippen LogP contribution in [0.25, 0.3) is 0 Å². The summed E-state index contributed by atoms with van der Waals surface area (Å²) in [5.74, 6) is -0.565. The van der Waals surface area contributed by atoms with Gasteiger partial charge < -0.3 is 15.8 Å². The van der Waals surface area contributed by atoms with Crippen LogP contribution >= 0.6 is 0 Å². The Morgan fingerprint density at radius 2 is 2.28 bits per heavy atom. The SMILES string of the molecule is NCCc1ccc(OCC(=O)NC2CC2)c(F)c1. The molecule has 2 rings (SSSR count). The highest BCUT2D eigenvalue weighted by molar-refractivity contribution is 5.78. The van der Waals surface area contributed by atoms with Gasteiger partial charge in [-0.2, -0.15) is 0 Å². The number of nitrogens with two attached hydrogens (primary N) is 1. The molecule has 1 saturated carbocycles. The molecule has 0 heterocycles. The third kappa shape index (κ3) is 3.70. The average Bonchev–Trinajstić information content (AvgIpc) is 3.12. The van der Waals surface area contributed by atoms with Gasteiger partial charge in [0.1, 0.15) is 0 Å². The van der Waals surface area contributed by atoms with E-state index in [2.05, 4.69) is 5.32 Å². The van der Waals surface area contributed by atoms with Gasteiger partial charge >= 0.3 is 0 Å². The third-order valence-corrected chi connectivity index (χ3v) is 2.73. The highest BCUT2D eigenvalue weighted by atomic mass is 19.1. The second kappa shape index (κ2) is 5.82. The van der Waals surface area contributed by atoms with E-state index in [1.807, 2.05) is 0 Å². The molecule has 0 saturated heterocycles. The van der Waals surface area contributed by atoms with Crippen molar-refractivity contribution in [1.82, 2.24) is 5.32 Å². The molecule has 1 aliphatic carbocycles. The Morgan fingerprint density at radius 1 is 1.50 bits per heavy atom. The Morgan fingerprint density at radius 3 is 2.89 bits per heavy atom. The molecule has 5 heteroatoms. The molecule has 3 N–H and O–H groups in total. The molecule has 0 spiro atoms. The van der Waals surface area contributed by atoms with E-state index in [0.717, 1.165) is 18.4 Å². The van der Waals surface area contributed by atoms with Crippen LogP contribution < -0.4 is 15.8 Å². The van der Waals surface area contributed by atoms with Gasteiger partial charge in [-0.1, -0.05) is 6.07 Å². The molecule has 1 aliphatic rings. The van der Waals surface area contributed by atoms with E-state index in [1.165, 1.54) is 12.1 Å². The number of hydrogen-bond donors (Lipinski definition) is 2. The largest absolute Gasteiger partial charge is 0.481 e. The summed E-state index contributed by atoms with van der Waals surface area (Å²) in [4.78, 5) is 11.4. The lowest BCUT2D eigenvalue weighted by Crippen LogP contribution is -2.30. The summed E-state index contributed by atoms with van der Waals surface area (Å²) in [5.41, 5.74) is 6.22. The molecule has 98 valence electrons. The quantitative estimate of drug-likeness (QED) is 0.793. The number of carbonyl (C=O) groups excluding carboxylic acids is 1. The normalized spacial score (nSPS) is 14.3. The zero-order valence-corrected chi connectivity index (χ0v) is 10.1. The highest BCUT2D eigenvalue weighted by Gasteiger charge is 2.23. The molecular weight excluding hydrogens is 235 g/mol. The fourth-order valence-corrected chi connectivity index (χ4v) is 1.62. The first kappa shape index (κ1) is 12.8. The van der Waals surface area contributed by atoms with E-state index in [9.17, 15) is 9.18 Å².